The molecule has 9 heteroatoms. The molecule has 7 nitrogen and oxygen atoms in total. The van der Waals surface area contributed by atoms with Crippen molar-refractivity contribution in [3.05, 3.63) is 11.6 Å². The van der Waals surface area contributed by atoms with Gasteiger partial charge in [0.2, 0.25) is 5.91 Å². The third kappa shape index (κ3) is 3.77. The first kappa shape index (κ1) is 14.6. The van der Waals surface area contributed by atoms with E-state index in [1.54, 1.807) is 5.38 Å². The smallest absolute Gasteiger partial charge is 0.321 e. The van der Waals surface area contributed by atoms with Gasteiger partial charge in [0.05, 0.1) is 0 Å². The van der Waals surface area contributed by atoms with Crippen LogP contribution in [0.2, 0.25) is 0 Å². The molecule has 0 saturated heterocycles. The number of amides is 1. The zero-order chi connectivity index (χ0) is 13.8. The van der Waals surface area contributed by atoms with Gasteiger partial charge in [0.1, 0.15) is 5.75 Å². The summed E-state index contributed by atoms with van der Waals surface area (Å²) in [5.41, 5.74) is 0. The number of nitrogens with one attached hydrogen (secondary N) is 1. The molecule has 1 unspecified atom stereocenters. The summed E-state index contributed by atoms with van der Waals surface area (Å²) >= 11 is 1.14. The number of nitrogens with zero attached hydrogens (tertiary/aromatic N) is 1. The second-order valence-electron chi connectivity index (χ2n) is 3.43. The van der Waals surface area contributed by atoms with Gasteiger partial charge in [0.15, 0.2) is 20.2 Å². The van der Waals surface area contributed by atoms with Gasteiger partial charge in [-0.25, -0.2) is 13.4 Å². The molecule has 0 aliphatic heterocycles. The van der Waals surface area contributed by atoms with Gasteiger partial charge in [-0.15, -0.1) is 11.3 Å². The number of carbonyl (C=O) groups excluding carboxylic acids is 1. The molecule has 0 bridgehead atoms. The van der Waals surface area contributed by atoms with E-state index in [9.17, 15) is 18.0 Å². The van der Waals surface area contributed by atoms with E-state index in [1.165, 1.54) is 13.1 Å². The summed E-state index contributed by atoms with van der Waals surface area (Å²) in [5.74, 6) is -3.10. The third-order valence-electron chi connectivity index (χ3n) is 2.09. The monoisotopic (exact) mass is 292 g/mol. The Bertz CT molecular complexity index is 523. The van der Waals surface area contributed by atoms with Crippen LogP contribution in [-0.4, -0.2) is 41.4 Å². The normalized spacial score (nSPS) is 12.9. The number of carbonyl (C=O) groups is 2. The lowest BCUT2D eigenvalue weighted by Crippen LogP contribution is -2.35. The van der Waals surface area contributed by atoms with E-state index in [-0.39, 0.29) is 11.6 Å². The molecule has 1 heterocycles. The number of carboxylic acids is 1. The van der Waals surface area contributed by atoms with Gasteiger partial charge in [0, 0.05) is 11.6 Å². The molecule has 18 heavy (non-hydrogen) atoms. The maximum atomic E-state index is 11.7. The lowest BCUT2D eigenvalue weighted by atomic mass is 10.3. The van der Waals surface area contributed by atoms with E-state index < -0.39 is 32.7 Å². The first-order valence-corrected chi connectivity index (χ1v) is 7.60. The zero-order valence-electron chi connectivity index (χ0n) is 9.49. The van der Waals surface area contributed by atoms with Crippen LogP contribution < -0.4 is 5.32 Å². The Balaban J connectivity index is 2.71. The summed E-state index contributed by atoms with van der Waals surface area (Å²) in [6.45, 7) is 1.44. The standard InChI is InChI=1S/C9H12N2O5S2/c1-2-6(8(13)14)18(15,16)5-7(12)11-9-10-3-4-17-9/h3-4,6H,2,5H2,1H3,(H,13,14)(H,10,11,12). The lowest BCUT2D eigenvalue weighted by molar-refractivity contribution is -0.136. The number of sulfone groups is 1. The number of carboxylic acid groups (broad SMARTS) is 1. The Morgan fingerprint density at radius 1 is 1.56 bits per heavy atom. The average Bonchev–Trinajstić information content (AvgIpc) is 2.68. The number of aliphatic carboxylic acids is 1. The molecule has 0 aliphatic rings. The Hall–Kier alpha value is -1.48. The predicted molar refractivity (Wildman–Crippen MR) is 66.2 cm³/mol. The van der Waals surface area contributed by atoms with Crippen molar-refractivity contribution in [1.29, 1.82) is 0 Å². The molecular weight excluding hydrogens is 280 g/mol. The van der Waals surface area contributed by atoms with Crippen LogP contribution in [0.4, 0.5) is 5.13 Å². The Morgan fingerprint density at radius 2 is 2.22 bits per heavy atom. The fourth-order valence-electron chi connectivity index (χ4n) is 1.31. The summed E-state index contributed by atoms with van der Waals surface area (Å²) in [6, 6.07) is 0. The molecule has 0 aromatic carbocycles. The Labute approximate surface area is 108 Å². The first-order chi connectivity index (χ1) is 8.36. The van der Waals surface area contributed by atoms with Crippen molar-refractivity contribution in [1.82, 2.24) is 4.98 Å². The molecule has 100 valence electrons. The highest BCUT2D eigenvalue weighted by atomic mass is 32.2. The van der Waals surface area contributed by atoms with Crippen LogP contribution in [0, 0.1) is 0 Å². The van der Waals surface area contributed by atoms with Crippen molar-refractivity contribution in [2.24, 2.45) is 0 Å². The molecule has 0 saturated carbocycles. The Kier molecular flexibility index (Phi) is 4.79. The van der Waals surface area contributed by atoms with Gasteiger partial charge in [-0.1, -0.05) is 6.92 Å². The van der Waals surface area contributed by atoms with Crippen molar-refractivity contribution in [2.75, 3.05) is 11.1 Å². The average molecular weight is 292 g/mol. The number of hydrogen-bond donors (Lipinski definition) is 2. The van der Waals surface area contributed by atoms with E-state index in [1.807, 2.05) is 0 Å². The molecular formula is C9H12N2O5S2. The summed E-state index contributed by atoms with van der Waals surface area (Å²) < 4.78 is 23.4. The molecule has 0 spiro atoms. The number of hydrogen-bond acceptors (Lipinski definition) is 6. The number of anilines is 1. The second kappa shape index (κ2) is 5.91. The fourth-order valence-corrected chi connectivity index (χ4v) is 3.30. The topological polar surface area (TPSA) is 113 Å². The minimum absolute atomic E-state index is 0.0812. The number of rotatable bonds is 6. The van der Waals surface area contributed by atoms with Gasteiger partial charge in [-0.2, -0.15) is 0 Å². The van der Waals surface area contributed by atoms with E-state index in [2.05, 4.69) is 10.3 Å². The Morgan fingerprint density at radius 3 is 2.67 bits per heavy atom. The van der Waals surface area contributed by atoms with Gasteiger partial charge < -0.3 is 10.4 Å². The summed E-state index contributed by atoms with van der Waals surface area (Å²) in [7, 11) is -4.01. The summed E-state index contributed by atoms with van der Waals surface area (Å²) in [6.07, 6.45) is 1.38. The lowest BCUT2D eigenvalue weighted by Gasteiger charge is -2.10. The largest absolute Gasteiger partial charge is 0.480 e. The molecule has 0 radical (unpaired) electrons. The van der Waals surface area contributed by atoms with Crippen LogP contribution in [0.3, 0.4) is 0 Å². The maximum absolute atomic E-state index is 11.7. The summed E-state index contributed by atoms with van der Waals surface area (Å²) in [4.78, 5) is 26.0. The van der Waals surface area contributed by atoms with Crippen molar-refractivity contribution in [2.45, 2.75) is 18.6 Å². The molecule has 1 rings (SSSR count). The van der Waals surface area contributed by atoms with Crippen molar-refractivity contribution in [3.8, 4) is 0 Å². The highest BCUT2D eigenvalue weighted by Crippen LogP contribution is 2.12. The third-order valence-corrected chi connectivity index (χ3v) is 4.85. The molecule has 1 atom stereocenters. The highest BCUT2D eigenvalue weighted by Gasteiger charge is 2.32. The molecule has 0 fully saturated rings. The van der Waals surface area contributed by atoms with Gasteiger partial charge in [-0.3, -0.25) is 9.59 Å². The van der Waals surface area contributed by atoms with Crippen LogP contribution in [0.15, 0.2) is 11.6 Å². The number of thiazole rings is 1. The molecule has 1 aromatic rings. The minimum atomic E-state index is -4.01. The highest BCUT2D eigenvalue weighted by molar-refractivity contribution is 7.93. The maximum Gasteiger partial charge on any atom is 0.321 e. The first-order valence-electron chi connectivity index (χ1n) is 5.00. The molecule has 0 aliphatic carbocycles. The summed E-state index contributed by atoms with van der Waals surface area (Å²) in [5, 5.41) is 11.4. The van der Waals surface area contributed by atoms with Crippen LogP contribution in [0.1, 0.15) is 13.3 Å². The van der Waals surface area contributed by atoms with Crippen LogP contribution in [0.5, 0.6) is 0 Å². The van der Waals surface area contributed by atoms with E-state index >= 15 is 0 Å². The van der Waals surface area contributed by atoms with E-state index in [4.69, 9.17) is 5.11 Å². The minimum Gasteiger partial charge on any atom is -0.480 e. The second-order valence-corrected chi connectivity index (χ2v) is 6.51. The van der Waals surface area contributed by atoms with Crippen molar-refractivity contribution in [3.63, 3.8) is 0 Å². The molecule has 1 amide bonds. The van der Waals surface area contributed by atoms with Gasteiger partial charge in [0.25, 0.3) is 0 Å². The van der Waals surface area contributed by atoms with Gasteiger partial charge >= 0.3 is 5.97 Å². The van der Waals surface area contributed by atoms with Crippen LogP contribution >= 0.6 is 11.3 Å². The van der Waals surface area contributed by atoms with Crippen molar-refractivity contribution >= 4 is 38.2 Å². The van der Waals surface area contributed by atoms with E-state index in [0.29, 0.717) is 0 Å². The molecule has 1 aromatic heterocycles. The molecule has 2 N–H and O–H groups in total. The van der Waals surface area contributed by atoms with Crippen LogP contribution in [-0.2, 0) is 19.4 Å². The van der Waals surface area contributed by atoms with Crippen molar-refractivity contribution < 1.29 is 23.1 Å². The quantitative estimate of drug-likeness (QED) is 0.782. The fraction of sp³-hybridized carbons (Fsp3) is 0.444. The van der Waals surface area contributed by atoms with Gasteiger partial charge in [-0.05, 0) is 6.42 Å². The SMILES string of the molecule is CCC(C(=O)O)S(=O)(=O)CC(=O)Nc1nccs1. The van der Waals surface area contributed by atoms with Crippen LogP contribution in [0.25, 0.3) is 0 Å². The zero-order valence-corrected chi connectivity index (χ0v) is 11.1. The number of aromatic nitrogens is 1. The van der Waals surface area contributed by atoms with E-state index in [0.717, 1.165) is 11.3 Å². The predicted octanol–water partition coefficient (Wildman–Crippen LogP) is 0.360.